The fraction of sp³-hybridized carbons (Fsp3) is 0. The van der Waals surface area contributed by atoms with Crippen molar-refractivity contribution in [2.24, 2.45) is 0 Å². The molecule has 0 fully saturated rings. The second-order valence-corrected chi connectivity index (χ2v) is 5.06. The van der Waals surface area contributed by atoms with Gasteiger partial charge >= 0.3 is 0 Å². The Balaban J connectivity index is 2.42. The second kappa shape index (κ2) is 4.33. The third-order valence-corrected chi connectivity index (χ3v) is 4.04. The smallest absolute Gasteiger partial charge is 0.133 e. The van der Waals surface area contributed by atoms with Crippen LogP contribution in [0.3, 0.4) is 0 Å². The summed E-state index contributed by atoms with van der Waals surface area (Å²) in [5, 5.41) is 1.59. The van der Waals surface area contributed by atoms with Gasteiger partial charge in [0.1, 0.15) is 7.80 Å². The molecule has 2 aromatic rings. The normalized spacial score (nSPS) is 12.3. The van der Waals surface area contributed by atoms with E-state index >= 15 is 0 Å². The minimum absolute atomic E-state index is 0.602. The van der Waals surface area contributed by atoms with E-state index in [1.54, 1.807) is 6.07 Å². The molecule has 0 aliphatic carbocycles. The van der Waals surface area contributed by atoms with Crippen LogP contribution in [0.15, 0.2) is 54.6 Å². The summed E-state index contributed by atoms with van der Waals surface area (Å²) < 4.78 is 12.2. The summed E-state index contributed by atoms with van der Waals surface area (Å²) in [5.74, 6) is 0. The lowest BCUT2D eigenvalue weighted by atomic mass is 10.3. The largest absolute Gasteiger partial charge is 0.398 e. The maximum Gasteiger partial charge on any atom is 0.133 e. The molecule has 2 rings (SSSR count). The first-order valence-corrected chi connectivity index (χ1v) is 6.14. The van der Waals surface area contributed by atoms with Crippen molar-refractivity contribution in [1.29, 1.82) is 0 Å². The van der Waals surface area contributed by atoms with E-state index in [4.69, 9.17) is 5.73 Å². The van der Waals surface area contributed by atoms with E-state index in [-0.39, 0.29) is 0 Å². The number of para-hydroxylation sites is 1. The molecular weight excluding hydrogens is 205 g/mol. The topological polar surface area (TPSA) is 43.1 Å². The van der Waals surface area contributed by atoms with Crippen molar-refractivity contribution in [3.05, 3.63) is 54.6 Å². The first kappa shape index (κ1) is 10.0. The molecule has 2 aromatic carbocycles. The molecule has 2 nitrogen and oxygen atoms in total. The average molecular weight is 217 g/mol. The molecule has 0 saturated heterocycles. The van der Waals surface area contributed by atoms with Gasteiger partial charge in [0.2, 0.25) is 0 Å². The van der Waals surface area contributed by atoms with Gasteiger partial charge in [0.25, 0.3) is 0 Å². The molecule has 0 radical (unpaired) electrons. The van der Waals surface area contributed by atoms with E-state index in [0.717, 1.165) is 10.6 Å². The maximum atomic E-state index is 12.2. The highest BCUT2D eigenvalue weighted by atomic mass is 31.1. The molecule has 76 valence electrons. The second-order valence-electron chi connectivity index (χ2n) is 3.28. The predicted octanol–water partition coefficient (Wildman–Crippen LogP) is 1.78. The number of benzene rings is 2. The molecule has 0 bridgehead atoms. The van der Waals surface area contributed by atoms with Crippen molar-refractivity contribution >= 4 is 24.1 Å². The number of hydrogen-bond acceptors (Lipinski definition) is 2. The molecule has 2 N–H and O–H groups in total. The summed E-state index contributed by atoms with van der Waals surface area (Å²) in [5.41, 5.74) is 6.39. The molecular formula is C12H12NOP. The van der Waals surface area contributed by atoms with E-state index < -0.39 is 7.80 Å². The summed E-state index contributed by atoms with van der Waals surface area (Å²) in [6, 6.07) is 16.7. The third-order valence-electron chi connectivity index (χ3n) is 2.24. The molecule has 1 unspecified atom stereocenters. The van der Waals surface area contributed by atoms with Gasteiger partial charge in [-0.25, -0.2) is 0 Å². The van der Waals surface area contributed by atoms with Gasteiger partial charge in [-0.3, -0.25) is 0 Å². The number of nitrogen functional groups attached to an aromatic ring is 1. The van der Waals surface area contributed by atoms with Gasteiger partial charge in [-0.1, -0.05) is 42.5 Å². The van der Waals surface area contributed by atoms with E-state index in [2.05, 4.69) is 0 Å². The molecule has 0 saturated carbocycles. The molecule has 1 atom stereocenters. The van der Waals surface area contributed by atoms with Gasteiger partial charge in [-0.05, 0) is 12.1 Å². The van der Waals surface area contributed by atoms with Crippen molar-refractivity contribution in [3.63, 3.8) is 0 Å². The Morgan fingerprint density at radius 2 is 1.47 bits per heavy atom. The molecule has 0 aliphatic heterocycles. The SMILES string of the molecule is Nc1ccccc1[PH](=O)c1ccccc1. The van der Waals surface area contributed by atoms with Crippen LogP contribution >= 0.6 is 7.80 Å². The van der Waals surface area contributed by atoms with E-state index in [1.807, 2.05) is 48.5 Å². The van der Waals surface area contributed by atoms with Gasteiger partial charge in [0, 0.05) is 16.3 Å². The number of rotatable bonds is 2. The Hall–Kier alpha value is -1.53. The van der Waals surface area contributed by atoms with Gasteiger partial charge in [0.05, 0.1) is 0 Å². The molecule has 3 heteroatoms. The van der Waals surface area contributed by atoms with E-state index in [1.165, 1.54) is 0 Å². The van der Waals surface area contributed by atoms with Crippen LogP contribution in [0.1, 0.15) is 0 Å². The number of anilines is 1. The lowest BCUT2D eigenvalue weighted by Crippen LogP contribution is -2.10. The van der Waals surface area contributed by atoms with Crippen LogP contribution in [0.2, 0.25) is 0 Å². The maximum absolute atomic E-state index is 12.2. The van der Waals surface area contributed by atoms with Crippen molar-refractivity contribution in [2.45, 2.75) is 0 Å². The molecule has 0 amide bonds. The Bertz CT molecular complexity index is 482. The fourth-order valence-electron chi connectivity index (χ4n) is 1.45. The lowest BCUT2D eigenvalue weighted by Gasteiger charge is -2.05. The van der Waals surface area contributed by atoms with Crippen LogP contribution in [-0.4, -0.2) is 0 Å². The monoisotopic (exact) mass is 217 g/mol. The van der Waals surface area contributed by atoms with Gasteiger partial charge < -0.3 is 10.3 Å². The van der Waals surface area contributed by atoms with E-state index in [0.29, 0.717) is 5.69 Å². The first-order valence-electron chi connectivity index (χ1n) is 4.73. The van der Waals surface area contributed by atoms with Crippen molar-refractivity contribution < 1.29 is 4.57 Å². The Kier molecular flexibility index (Phi) is 2.89. The summed E-state index contributed by atoms with van der Waals surface area (Å²) in [7, 11) is -1.95. The van der Waals surface area contributed by atoms with Crippen LogP contribution in [0.25, 0.3) is 0 Å². The standard InChI is InChI=1S/C12H12NOP/c13-11-8-4-5-9-12(11)15(14)10-6-2-1-3-7-10/h1-9,15H,13H2. The van der Waals surface area contributed by atoms with Crippen LogP contribution in [0.5, 0.6) is 0 Å². The quantitative estimate of drug-likeness (QED) is 0.615. The van der Waals surface area contributed by atoms with Crippen molar-refractivity contribution in [2.75, 3.05) is 5.73 Å². The Morgan fingerprint density at radius 1 is 0.867 bits per heavy atom. The first-order chi connectivity index (χ1) is 7.29. The third kappa shape index (κ3) is 2.11. The zero-order valence-corrected chi connectivity index (χ0v) is 9.18. The fourth-order valence-corrected chi connectivity index (χ4v) is 2.85. The Morgan fingerprint density at radius 3 is 2.13 bits per heavy atom. The van der Waals surface area contributed by atoms with Crippen LogP contribution in [-0.2, 0) is 4.57 Å². The molecule has 0 aliphatic rings. The molecule has 15 heavy (non-hydrogen) atoms. The van der Waals surface area contributed by atoms with Crippen molar-refractivity contribution in [1.82, 2.24) is 0 Å². The average Bonchev–Trinajstić information content (AvgIpc) is 2.30. The van der Waals surface area contributed by atoms with Crippen LogP contribution < -0.4 is 16.3 Å². The summed E-state index contributed by atoms with van der Waals surface area (Å²) in [6.45, 7) is 0. The van der Waals surface area contributed by atoms with Gasteiger partial charge in [-0.2, -0.15) is 0 Å². The lowest BCUT2D eigenvalue weighted by molar-refractivity contribution is 0.598. The minimum Gasteiger partial charge on any atom is -0.398 e. The zero-order valence-electron chi connectivity index (χ0n) is 8.18. The summed E-state index contributed by atoms with van der Waals surface area (Å²) in [4.78, 5) is 0. The van der Waals surface area contributed by atoms with Crippen molar-refractivity contribution in [3.8, 4) is 0 Å². The van der Waals surface area contributed by atoms with Crippen LogP contribution in [0.4, 0.5) is 5.69 Å². The van der Waals surface area contributed by atoms with Gasteiger partial charge in [0.15, 0.2) is 0 Å². The molecule has 0 spiro atoms. The number of nitrogens with two attached hydrogens (primary N) is 1. The summed E-state index contributed by atoms with van der Waals surface area (Å²) >= 11 is 0. The van der Waals surface area contributed by atoms with E-state index in [9.17, 15) is 4.57 Å². The minimum atomic E-state index is -1.95. The van der Waals surface area contributed by atoms with Gasteiger partial charge in [-0.15, -0.1) is 0 Å². The number of hydrogen-bond donors (Lipinski definition) is 1. The highest BCUT2D eigenvalue weighted by Gasteiger charge is 2.08. The Labute approximate surface area is 89.5 Å². The van der Waals surface area contributed by atoms with Crippen LogP contribution in [0, 0.1) is 0 Å². The summed E-state index contributed by atoms with van der Waals surface area (Å²) in [6.07, 6.45) is 0. The molecule has 0 aromatic heterocycles. The molecule has 0 heterocycles. The highest BCUT2D eigenvalue weighted by Crippen LogP contribution is 2.22. The predicted molar refractivity (Wildman–Crippen MR) is 65.6 cm³/mol. The highest BCUT2D eigenvalue weighted by molar-refractivity contribution is 7.61. The zero-order chi connectivity index (χ0) is 10.7.